The first kappa shape index (κ1) is 23.9. The molecule has 1 amide bonds. The molecule has 5 rings (SSSR count). The number of fused-ring (bicyclic) bond motifs is 1. The number of hydrogen-bond donors (Lipinski definition) is 0. The lowest BCUT2D eigenvalue weighted by molar-refractivity contribution is 0.0989. The Hall–Kier alpha value is -3.25. The van der Waals surface area contributed by atoms with Crippen LogP contribution in [0.15, 0.2) is 54.7 Å². The van der Waals surface area contributed by atoms with Crippen molar-refractivity contribution in [2.75, 3.05) is 43.2 Å². The van der Waals surface area contributed by atoms with Crippen molar-refractivity contribution in [1.82, 2.24) is 4.98 Å². The number of aromatic nitrogens is 1. The molecule has 2 aromatic carbocycles. The SMILES string of the molecule is CC.COc1cc(N2CCOc3cc(-c4ccc(Cl)cc4)ccc3C2=O)cnc1N1CCCC1. The Kier molecular flexibility index (Phi) is 7.58. The van der Waals surface area contributed by atoms with E-state index in [-0.39, 0.29) is 5.91 Å². The van der Waals surface area contributed by atoms with Gasteiger partial charge >= 0.3 is 0 Å². The number of anilines is 2. The molecule has 0 aliphatic carbocycles. The smallest absolute Gasteiger partial charge is 0.262 e. The number of carbonyl (C=O) groups excluding carboxylic acids is 1. The quantitative estimate of drug-likeness (QED) is 0.454. The van der Waals surface area contributed by atoms with Crippen LogP contribution in [0.4, 0.5) is 11.5 Å². The zero-order chi connectivity index (χ0) is 24.1. The molecular weight excluding hydrogens is 450 g/mol. The van der Waals surface area contributed by atoms with E-state index in [2.05, 4.69) is 9.88 Å². The van der Waals surface area contributed by atoms with Crippen LogP contribution in [0.3, 0.4) is 0 Å². The lowest BCUT2D eigenvalue weighted by atomic mass is 10.0. The number of pyridine rings is 1. The van der Waals surface area contributed by atoms with Crippen LogP contribution in [0.1, 0.15) is 37.0 Å². The summed E-state index contributed by atoms with van der Waals surface area (Å²) in [6.07, 6.45) is 4.06. The second-order valence-corrected chi connectivity index (χ2v) is 8.37. The minimum absolute atomic E-state index is 0.113. The van der Waals surface area contributed by atoms with Crippen molar-refractivity contribution in [2.24, 2.45) is 0 Å². The van der Waals surface area contributed by atoms with Crippen LogP contribution in [0.25, 0.3) is 11.1 Å². The average molecular weight is 480 g/mol. The molecule has 0 saturated carbocycles. The van der Waals surface area contributed by atoms with E-state index < -0.39 is 0 Å². The van der Waals surface area contributed by atoms with Crippen LogP contribution in [0.2, 0.25) is 5.02 Å². The van der Waals surface area contributed by atoms with E-state index >= 15 is 0 Å². The van der Waals surface area contributed by atoms with Gasteiger partial charge in [-0.05, 0) is 48.2 Å². The molecular formula is C27H30ClN3O3. The Labute approximate surface area is 206 Å². The minimum Gasteiger partial charge on any atom is -0.493 e. The van der Waals surface area contributed by atoms with E-state index in [1.165, 1.54) is 0 Å². The van der Waals surface area contributed by atoms with E-state index in [9.17, 15) is 4.79 Å². The maximum absolute atomic E-state index is 13.4. The number of carbonyl (C=O) groups is 1. The van der Waals surface area contributed by atoms with Crippen LogP contribution in [0, 0.1) is 0 Å². The number of methoxy groups -OCH3 is 1. The second kappa shape index (κ2) is 10.8. The highest BCUT2D eigenvalue weighted by atomic mass is 35.5. The van der Waals surface area contributed by atoms with Gasteiger partial charge in [-0.1, -0.05) is 43.6 Å². The van der Waals surface area contributed by atoms with Crippen molar-refractivity contribution in [3.63, 3.8) is 0 Å². The molecule has 178 valence electrons. The molecule has 0 bridgehead atoms. The van der Waals surface area contributed by atoms with E-state index in [0.717, 1.165) is 42.9 Å². The third-order valence-corrected chi connectivity index (χ3v) is 6.21. The molecule has 1 saturated heterocycles. The third-order valence-electron chi connectivity index (χ3n) is 5.96. The Morgan fingerprint density at radius 3 is 2.38 bits per heavy atom. The van der Waals surface area contributed by atoms with Gasteiger partial charge in [-0.2, -0.15) is 0 Å². The molecule has 1 fully saturated rings. The van der Waals surface area contributed by atoms with Gasteiger partial charge in [0.25, 0.3) is 5.91 Å². The predicted molar refractivity (Wildman–Crippen MR) is 138 cm³/mol. The Morgan fingerprint density at radius 2 is 1.68 bits per heavy atom. The van der Waals surface area contributed by atoms with Gasteiger partial charge in [-0.25, -0.2) is 4.98 Å². The number of rotatable bonds is 4. The summed E-state index contributed by atoms with van der Waals surface area (Å²) in [5, 5.41) is 0.686. The molecule has 3 aromatic rings. The summed E-state index contributed by atoms with van der Waals surface area (Å²) >= 11 is 6.01. The number of benzene rings is 2. The van der Waals surface area contributed by atoms with Crippen molar-refractivity contribution >= 4 is 29.0 Å². The van der Waals surface area contributed by atoms with E-state index in [1.807, 2.05) is 62.4 Å². The van der Waals surface area contributed by atoms with Crippen molar-refractivity contribution in [1.29, 1.82) is 0 Å². The molecule has 6 nitrogen and oxygen atoms in total. The zero-order valence-corrected chi connectivity index (χ0v) is 20.6. The molecule has 0 radical (unpaired) electrons. The van der Waals surface area contributed by atoms with Gasteiger partial charge in [0, 0.05) is 24.2 Å². The topological polar surface area (TPSA) is 54.9 Å². The van der Waals surface area contributed by atoms with E-state index in [1.54, 1.807) is 18.2 Å². The van der Waals surface area contributed by atoms with E-state index in [0.29, 0.717) is 40.9 Å². The Morgan fingerprint density at radius 1 is 0.971 bits per heavy atom. The molecule has 7 heteroatoms. The summed E-state index contributed by atoms with van der Waals surface area (Å²) in [7, 11) is 1.64. The highest BCUT2D eigenvalue weighted by Gasteiger charge is 2.27. The molecule has 0 atom stereocenters. The van der Waals surface area contributed by atoms with Crippen molar-refractivity contribution < 1.29 is 14.3 Å². The summed E-state index contributed by atoms with van der Waals surface area (Å²) in [4.78, 5) is 22.0. The van der Waals surface area contributed by atoms with Gasteiger partial charge in [0.1, 0.15) is 12.4 Å². The van der Waals surface area contributed by atoms with Gasteiger partial charge < -0.3 is 19.3 Å². The monoisotopic (exact) mass is 479 g/mol. The fourth-order valence-electron chi connectivity index (χ4n) is 4.27. The highest BCUT2D eigenvalue weighted by Crippen LogP contribution is 2.35. The maximum atomic E-state index is 13.4. The second-order valence-electron chi connectivity index (χ2n) is 7.94. The fraction of sp³-hybridized carbons (Fsp3) is 0.333. The fourth-order valence-corrected chi connectivity index (χ4v) is 4.40. The summed E-state index contributed by atoms with van der Waals surface area (Å²) < 4.78 is 11.6. The molecule has 0 spiro atoms. The Bertz CT molecular complexity index is 1140. The summed E-state index contributed by atoms with van der Waals surface area (Å²) in [5.41, 5.74) is 3.22. The van der Waals surface area contributed by atoms with Crippen molar-refractivity contribution in [3.8, 4) is 22.6 Å². The summed E-state index contributed by atoms with van der Waals surface area (Å²) in [6, 6.07) is 15.2. The van der Waals surface area contributed by atoms with Crippen molar-refractivity contribution in [3.05, 3.63) is 65.3 Å². The molecule has 2 aliphatic rings. The van der Waals surface area contributed by atoms with Crippen LogP contribution < -0.4 is 19.3 Å². The third kappa shape index (κ3) is 4.82. The highest BCUT2D eigenvalue weighted by molar-refractivity contribution is 6.30. The number of nitrogens with zero attached hydrogens (tertiary/aromatic N) is 3. The molecule has 0 unspecified atom stereocenters. The number of hydrogen-bond acceptors (Lipinski definition) is 5. The van der Waals surface area contributed by atoms with Crippen LogP contribution in [0.5, 0.6) is 11.5 Å². The largest absolute Gasteiger partial charge is 0.493 e. The predicted octanol–water partition coefficient (Wildman–Crippen LogP) is 6.08. The number of amides is 1. The van der Waals surface area contributed by atoms with E-state index in [4.69, 9.17) is 21.1 Å². The van der Waals surface area contributed by atoms with Gasteiger partial charge in [0.05, 0.1) is 31.1 Å². The molecule has 2 aliphatic heterocycles. The first-order valence-corrected chi connectivity index (χ1v) is 12.2. The van der Waals surface area contributed by atoms with Gasteiger partial charge in [-0.15, -0.1) is 0 Å². The minimum atomic E-state index is -0.113. The summed E-state index contributed by atoms with van der Waals surface area (Å²) in [6.45, 7) is 6.77. The lowest BCUT2D eigenvalue weighted by Crippen LogP contribution is -2.32. The van der Waals surface area contributed by atoms with Gasteiger partial charge in [-0.3, -0.25) is 4.79 Å². The molecule has 3 heterocycles. The van der Waals surface area contributed by atoms with Gasteiger partial charge in [0.2, 0.25) is 0 Å². The van der Waals surface area contributed by atoms with Crippen LogP contribution >= 0.6 is 11.6 Å². The number of ether oxygens (including phenoxy) is 2. The summed E-state index contributed by atoms with van der Waals surface area (Å²) in [5.74, 6) is 1.98. The maximum Gasteiger partial charge on any atom is 0.262 e. The molecule has 34 heavy (non-hydrogen) atoms. The number of halogens is 1. The normalized spacial score (nSPS) is 15.1. The molecule has 1 aromatic heterocycles. The van der Waals surface area contributed by atoms with Crippen LogP contribution in [-0.2, 0) is 0 Å². The first-order valence-electron chi connectivity index (χ1n) is 11.8. The van der Waals surface area contributed by atoms with Crippen molar-refractivity contribution in [2.45, 2.75) is 26.7 Å². The zero-order valence-electron chi connectivity index (χ0n) is 19.9. The molecule has 0 N–H and O–H groups in total. The van der Waals surface area contributed by atoms with Crippen LogP contribution in [-0.4, -0.2) is 44.2 Å². The first-order chi connectivity index (χ1) is 16.6. The Balaban J connectivity index is 0.00000133. The van der Waals surface area contributed by atoms with Gasteiger partial charge in [0.15, 0.2) is 11.6 Å². The average Bonchev–Trinajstić information content (AvgIpc) is 3.37. The standard InChI is InChI=1S/C25H24ClN3O3.C2H6/c1-31-23-15-20(16-27-24(23)28-10-2-3-11-28)29-12-13-32-22-14-18(6-9-21(22)25(29)30)17-4-7-19(26)8-5-17;1-2/h4-9,14-16H,2-3,10-13H2,1H3;1-2H3. The lowest BCUT2D eigenvalue weighted by Gasteiger charge is -2.23.